The second-order valence-electron chi connectivity index (χ2n) is 6.09. The average Bonchev–Trinajstić information content (AvgIpc) is 2.64. The molecule has 1 atom stereocenters. The molecule has 0 saturated heterocycles. The van der Waals surface area contributed by atoms with Crippen LogP contribution in [0.15, 0.2) is 60.7 Å². The van der Waals surface area contributed by atoms with Crippen molar-refractivity contribution in [2.24, 2.45) is 0 Å². The summed E-state index contributed by atoms with van der Waals surface area (Å²) in [5.41, 5.74) is 0.774. The van der Waals surface area contributed by atoms with Crippen LogP contribution >= 0.6 is 0 Å². The third kappa shape index (κ3) is 3.48. The molecule has 1 amide bonds. The van der Waals surface area contributed by atoms with Crippen LogP contribution in [0.3, 0.4) is 0 Å². The van der Waals surface area contributed by atoms with E-state index in [0.717, 1.165) is 24.0 Å². The van der Waals surface area contributed by atoms with Gasteiger partial charge in [0.2, 0.25) is 0 Å². The number of carbonyl (C=O) groups is 2. The summed E-state index contributed by atoms with van der Waals surface area (Å²) in [4.78, 5) is 25.0. The number of nitrogens with one attached hydrogen (secondary N) is 1. The van der Waals surface area contributed by atoms with Crippen LogP contribution < -0.4 is 5.32 Å². The Morgan fingerprint density at radius 1 is 1.00 bits per heavy atom. The Bertz CT molecular complexity index is 699. The van der Waals surface area contributed by atoms with Crippen molar-refractivity contribution in [3.8, 4) is 0 Å². The maximum Gasteiger partial charge on any atom is 0.408 e. The normalized spacial score (nSPS) is 20.4. The SMILES string of the molecule is O=C(NC1(c2ccccc2)CCCCC1=O)OCc1ccccc1. The first-order chi connectivity index (χ1) is 11.7. The molecule has 0 radical (unpaired) electrons. The van der Waals surface area contributed by atoms with E-state index >= 15 is 0 Å². The minimum atomic E-state index is -0.965. The van der Waals surface area contributed by atoms with E-state index in [9.17, 15) is 9.59 Å². The van der Waals surface area contributed by atoms with Gasteiger partial charge in [0.05, 0.1) is 0 Å². The first kappa shape index (κ1) is 16.2. The Morgan fingerprint density at radius 3 is 2.33 bits per heavy atom. The fraction of sp³-hybridized carbons (Fsp3) is 0.300. The lowest BCUT2D eigenvalue weighted by atomic mass is 9.75. The van der Waals surface area contributed by atoms with Crippen LogP contribution in [0, 0.1) is 0 Å². The Hall–Kier alpha value is -2.62. The minimum Gasteiger partial charge on any atom is -0.445 e. The first-order valence-electron chi connectivity index (χ1n) is 8.28. The molecule has 1 fully saturated rings. The quantitative estimate of drug-likeness (QED) is 0.927. The number of carbonyl (C=O) groups excluding carboxylic acids is 2. The van der Waals surface area contributed by atoms with Gasteiger partial charge in [-0.3, -0.25) is 4.79 Å². The van der Waals surface area contributed by atoms with E-state index in [2.05, 4.69) is 5.32 Å². The zero-order valence-corrected chi connectivity index (χ0v) is 13.5. The van der Waals surface area contributed by atoms with Crippen LogP contribution in [-0.2, 0) is 21.7 Å². The second-order valence-corrected chi connectivity index (χ2v) is 6.09. The number of hydrogen-bond donors (Lipinski definition) is 1. The number of benzene rings is 2. The van der Waals surface area contributed by atoms with Crippen molar-refractivity contribution in [3.05, 3.63) is 71.8 Å². The lowest BCUT2D eigenvalue weighted by Crippen LogP contribution is -2.53. The van der Waals surface area contributed by atoms with Crippen LogP contribution in [0.25, 0.3) is 0 Å². The maximum absolute atomic E-state index is 12.7. The molecule has 1 N–H and O–H groups in total. The molecular formula is C20H21NO3. The molecule has 0 aromatic heterocycles. The summed E-state index contributed by atoms with van der Waals surface area (Å²) in [5.74, 6) is 0.0524. The number of amides is 1. The summed E-state index contributed by atoms with van der Waals surface area (Å²) in [6.45, 7) is 0.186. The number of rotatable bonds is 4. The Labute approximate surface area is 141 Å². The molecule has 1 unspecified atom stereocenters. The van der Waals surface area contributed by atoms with E-state index in [0.29, 0.717) is 12.8 Å². The van der Waals surface area contributed by atoms with Crippen LogP contribution in [0.1, 0.15) is 36.8 Å². The molecule has 0 aliphatic heterocycles. The zero-order valence-electron chi connectivity index (χ0n) is 13.5. The Balaban J connectivity index is 1.75. The Morgan fingerprint density at radius 2 is 1.67 bits per heavy atom. The highest BCUT2D eigenvalue weighted by molar-refractivity contribution is 5.93. The molecule has 4 heteroatoms. The standard InChI is InChI=1S/C20H21NO3/c22-18-13-7-8-14-20(18,17-11-5-2-6-12-17)21-19(23)24-15-16-9-3-1-4-10-16/h1-6,9-12H,7-8,13-15H2,(H,21,23). The van der Waals surface area contributed by atoms with Crippen molar-refractivity contribution in [1.29, 1.82) is 0 Å². The summed E-state index contributed by atoms with van der Waals surface area (Å²) in [6, 6.07) is 18.9. The van der Waals surface area contributed by atoms with Gasteiger partial charge >= 0.3 is 6.09 Å². The van der Waals surface area contributed by atoms with Crippen molar-refractivity contribution in [1.82, 2.24) is 5.32 Å². The molecule has 2 aromatic rings. The summed E-state index contributed by atoms with van der Waals surface area (Å²) in [7, 11) is 0. The molecule has 1 aliphatic carbocycles. The largest absolute Gasteiger partial charge is 0.445 e. The van der Waals surface area contributed by atoms with Crippen LogP contribution in [0.4, 0.5) is 4.79 Å². The zero-order chi connectivity index (χ0) is 16.8. The van der Waals surface area contributed by atoms with Gasteiger partial charge in [-0.2, -0.15) is 0 Å². The average molecular weight is 323 g/mol. The monoisotopic (exact) mass is 323 g/mol. The van der Waals surface area contributed by atoms with Crippen molar-refractivity contribution in [2.45, 2.75) is 37.8 Å². The lowest BCUT2D eigenvalue weighted by Gasteiger charge is -2.36. The van der Waals surface area contributed by atoms with Crippen molar-refractivity contribution < 1.29 is 14.3 Å². The summed E-state index contributed by atoms with van der Waals surface area (Å²) in [5, 5.41) is 2.86. The molecule has 124 valence electrons. The fourth-order valence-corrected chi connectivity index (χ4v) is 3.19. The van der Waals surface area contributed by atoms with Crippen LogP contribution in [-0.4, -0.2) is 11.9 Å². The Kier molecular flexibility index (Phi) is 4.94. The number of ketones is 1. The predicted octanol–water partition coefficient (Wildman–Crippen LogP) is 3.95. The van der Waals surface area contributed by atoms with E-state index < -0.39 is 11.6 Å². The molecular weight excluding hydrogens is 302 g/mol. The fourth-order valence-electron chi connectivity index (χ4n) is 3.19. The molecule has 24 heavy (non-hydrogen) atoms. The van der Waals surface area contributed by atoms with Crippen molar-refractivity contribution in [3.63, 3.8) is 0 Å². The van der Waals surface area contributed by atoms with Crippen molar-refractivity contribution in [2.75, 3.05) is 0 Å². The van der Waals surface area contributed by atoms with Gasteiger partial charge in [-0.25, -0.2) is 4.79 Å². The lowest BCUT2D eigenvalue weighted by molar-refractivity contribution is -0.127. The third-order valence-corrected chi connectivity index (χ3v) is 4.48. The number of hydrogen-bond acceptors (Lipinski definition) is 3. The molecule has 4 nitrogen and oxygen atoms in total. The van der Waals surface area contributed by atoms with Gasteiger partial charge in [-0.15, -0.1) is 0 Å². The molecule has 2 aromatic carbocycles. The summed E-state index contributed by atoms with van der Waals surface area (Å²) in [6.07, 6.45) is 2.30. The number of ether oxygens (including phenoxy) is 1. The van der Waals surface area contributed by atoms with Gasteiger partial charge in [0.25, 0.3) is 0 Å². The number of Topliss-reactive ketones (excluding diaryl/α,β-unsaturated/α-hetero) is 1. The third-order valence-electron chi connectivity index (χ3n) is 4.48. The van der Waals surface area contributed by atoms with Gasteiger partial charge in [-0.05, 0) is 30.4 Å². The van der Waals surface area contributed by atoms with Crippen LogP contribution in [0.2, 0.25) is 0 Å². The first-order valence-corrected chi connectivity index (χ1v) is 8.28. The van der Waals surface area contributed by atoms with E-state index in [1.165, 1.54) is 0 Å². The number of alkyl carbamates (subject to hydrolysis) is 1. The van der Waals surface area contributed by atoms with Gasteiger partial charge in [-0.1, -0.05) is 60.7 Å². The second kappa shape index (κ2) is 7.30. The molecule has 1 saturated carbocycles. The van der Waals surface area contributed by atoms with Crippen LogP contribution in [0.5, 0.6) is 0 Å². The summed E-state index contributed by atoms with van der Waals surface area (Å²) >= 11 is 0. The molecule has 0 spiro atoms. The van der Waals surface area contributed by atoms with Gasteiger partial charge in [0, 0.05) is 6.42 Å². The van der Waals surface area contributed by atoms with Gasteiger partial charge < -0.3 is 10.1 Å². The highest BCUT2D eigenvalue weighted by Gasteiger charge is 2.43. The van der Waals surface area contributed by atoms with Crippen molar-refractivity contribution >= 4 is 11.9 Å². The highest BCUT2D eigenvalue weighted by Crippen LogP contribution is 2.34. The topological polar surface area (TPSA) is 55.4 Å². The highest BCUT2D eigenvalue weighted by atomic mass is 16.5. The minimum absolute atomic E-state index is 0.0524. The van der Waals surface area contributed by atoms with E-state index in [-0.39, 0.29) is 12.4 Å². The smallest absolute Gasteiger partial charge is 0.408 e. The predicted molar refractivity (Wildman–Crippen MR) is 91.4 cm³/mol. The molecule has 1 aliphatic rings. The maximum atomic E-state index is 12.7. The molecule has 3 rings (SSSR count). The molecule has 0 heterocycles. The summed E-state index contributed by atoms with van der Waals surface area (Å²) < 4.78 is 5.32. The van der Waals surface area contributed by atoms with E-state index in [1.54, 1.807) is 0 Å². The van der Waals surface area contributed by atoms with Gasteiger partial charge in [0.1, 0.15) is 12.1 Å². The van der Waals surface area contributed by atoms with Gasteiger partial charge in [0.15, 0.2) is 5.78 Å². The van der Waals surface area contributed by atoms with E-state index in [4.69, 9.17) is 4.74 Å². The molecule has 0 bridgehead atoms. The van der Waals surface area contributed by atoms with E-state index in [1.807, 2.05) is 60.7 Å².